The van der Waals surface area contributed by atoms with Crippen molar-refractivity contribution >= 4 is 33.6 Å². The molecule has 0 spiro atoms. The third-order valence-corrected chi connectivity index (χ3v) is 7.48. The number of allylic oxidation sites excluding steroid dienone is 2. The van der Waals surface area contributed by atoms with E-state index in [1.54, 1.807) is 15.6 Å². The lowest BCUT2D eigenvalue weighted by atomic mass is 10.0. The molecule has 5 heterocycles. The quantitative estimate of drug-likeness (QED) is 0.312. The van der Waals surface area contributed by atoms with E-state index >= 15 is 0 Å². The maximum absolute atomic E-state index is 13.5. The summed E-state index contributed by atoms with van der Waals surface area (Å²) >= 11 is 0. The second-order valence-electron chi connectivity index (χ2n) is 11.2. The molecule has 1 aliphatic rings. The fourth-order valence-corrected chi connectivity index (χ4v) is 5.17. The molecule has 5 aromatic rings. The Bertz CT molecular complexity index is 1790. The summed E-state index contributed by atoms with van der Waals surface area (Å²) in [5, 5.41) is 4.91. The standard InChI is InChI=1S/C31H36N8O2/c1-31(2)26-10-9-11-27(34-26)39-28-24(29(40)38(39)15-7-5-6-8-19-41-31)21-32-30(35-28)33-23-12-13-25-22(20-23)14-16-37(25)18-17-36(3)4/h5,7,9-14,16,20-21H,6,8,15,17-19H2,1-4H3,(H,32,33,35). The zero-order valence-electron chi connectivity index (χ0n) is 24.0. The van der Waals surface area contributed by atoms with E-state index in [1.807, 2.05) is 44.2 Å². The molecule has 10 nitrogen and oxygen atoms in total. The number of ether oxygens (including phenoxy) is 1. The van der Waals surface area contributed by atoms with Gasteiger partial charge in [0.25, 0.3) is 5.56 Å². The summed E-state index contributed by atoms with van der Waals surface area (Å²) < 4.78 is 11.9. The number of fused-ring (bicyclic) bond motifs is 7. The van der Waals surface area contributed by atoms with Gasteiger partial charge in [-0.05, 0) is 77.2 Å². The lowest BCUT2D eigenvalue weighted by Crippen LogP contribution is -2.26. The van der Waals surface area contributed by atoms with Crippen molar-refractivity contribution in [3.63, 3.8) is 0 Å². The molecular formula is C31H36N8O2. The summed E-state index contributed by atoms with van der Waals surface area (Å²) in [7, 11) is 4.16. The van der Waals surface area contributed by atoms with Crippen LogP contribution in [0.5, 0.6) is 0 Å². The summed E-state index contributed by atoms with van der Waals surface area (Å²) in [6, 6.07) is 14.1. The van der Waals surface area contributed by atoms with E-state index < -0.39 is 5.60 Å². The Balaban J connectivity index is 1.40. The predicted octanol–water partition coefficient (Wildman–Crippen LogP) is 4.84. The van der Waals surface area contributed by atoms with Gasteiger partial charge in [0, 0.05) is 48.7 Å². The summed E-state index contributed by atoms with van der Waals surface area (Å²) in [5.41, 5.74) is 2.60. The molecule has 0 unspecified atom stereocenters. The van der Waals surface area contributed by atoms with E-state index in [0.29, 0.717) is 36.0 Å². The van der Waals surface area contributed by atoms with Crippen molar-refractivity contribution in [2.45, 2.75) is 45.4 Å². The highest BCUT2D eigenvalue weighted by atomic mass is 16.5. The van der Waals surface area contributed by atoms with Crippen LogP contribution in [0.2, 0.25) is 0 Å². The highest BCUT2D eigenvalue weighted by molar-refractivity contribution is 5.85. The molecular weight excluding hydrogens is 516 g/mol. The molecule has 41 heavy (non-hydrogen) atoms. The molecule has 1 N–H and O–H groups in total. The molecule has 0 saturated heterocycles. The molecule has 0 atom stereocenters. The molecule has 6 rings (SSSR count). The van der Waals surface area contributed by atoms with E-state index in [-0.39, 0.29) is 5.56 Å². The van der Waals surface area contributed by atoms with E-state index in [1.165, 1.54) is 5.52 Å². The number of hydrogen-bond acceptors (Lipinski definition) is 7. The Hall–Kier alpha value is -4.28. The molecule has 0 radical (unpaired) electrons. The Morgan fingerprint density at radius 3 is 2.83 bits per heavy atom. The van der Waals surface area contributed by atoms with Crippen LogP contribution in [0.3, 0.4) is 0 Å². The molecule has 0 aliphatic carbocycles. The van der Waals surface area contributed by atoms with E-state index in [2.05, 4.69) is 64.3 Å². The van der Waals surface area contributed by atoms with Crippen molar-refractivity contribution in [1.29, 1.82) is 0 Å². The monoisotopic (exact) mass is 552 g/mol. The maximum atomic E-state index is 13.5. The number of likely N-dealkylation sites (N-methyl/N-ethyl adjacent to an activating group) is 1. The average molecular weight is 553 g/mol. The Labute approximate surface area is 238 Å². The first kappa shape index (κ1) is 26.9. The summed E-state index contributed by atoms with van der Waals surface area (Å²) in [4.78, 5) is 30.0. The van der Waals surface area contributed by atoms with E-state index in [9.17, 15) is 4.79 Å². The van der Waals surface area contributed by atoms with Crippen molar-refractivity contribution in [2.75, 3.05) is 32.6 Å². The van der Waals surface area contributed by atoms with Gasteiger partial charge in [-0.25, -0.2) is 19.3 Å². The zero-order chi connectivity index (χ0) is 28.6. The van der Waals surface area contributed by atoms with Crippen molar-refractivity contribution in [3.05, 3.63) is 83.1 Å². The summed E-state index contributed by atoms with van der Waals surface area (Å²) in [6.07, 6.45) is 9.58. The Morgan fingerprint density at radius 1 is 1.10 bits per heavy atom. The largest absolute Gasteiger partial charge is 0.369 e. The highest BCUT2D eigenvalue weighted by Crippen LogP contribution is 2.26. The van der Waals surface area contributed by atoms with Gasteiger partial charge in [-0.1, -0.05) is 18.2 Å². The number of pyridine rings is 1. The third-order valence-electron chi connectivity index (χ3n) is 7.48. The van der Waals surface area contributed by atoms with E-state index in [4.69, 9.17) is 14.7 Å². The van der Waals surface area contributed by atoms with Gasteiger partial charge in [0.15, 0.2) is 11.5 Å². The summed E-state index contributed by atoms with van der Waals surface area (Å²) in [6.45, 7) is 6.96. The molecule has 1 aliphatic heterocycles. The van der Waals surface area contributed by atoms with Crippen molar-refractivity contribution in [1.82, 2.24) is 33.8 Å². The molecule has 0 amide bonds. The average Bonchev–Trinajstić information content (AvgIpc) is 3.48. The SMILES string of the molecule is CN(C)CCn1ccc2cc(Nc3ncc4c(=O)n5n(c4n3)-c3cccc(n3)C(C)(C)OCCCC=CC5)ccc21. The van der Waals surface area contributed by atoms with E-state index in [0.717, 1.165) is 42.7 Å². The van der Waals surface area contributed by atoms with Crippen molar-refractivity contribution < 1.29 is 4.74 Å². The fraction of sp³-hybridized carbons (Fsp3) is 0.355. The molecule has 0 saturated carbocycles. The smallest absolute Gasteiger partial charge is 0.278 e. The zero-order valence-corrected chi connectivity index (χ0v) is 24.0. The van der Waals surface area contributed by atoms with Gasteiger partial charge < -0.3 is 19.5 Å². The summed E-state index contributed by atoms with van der Waals surface area (Å²) in [5.74, 6) is 1.01. The van der Waals surface area contributed by atoms with Crippen LogP contribution in [0.1, 0.15) is 32.4 Å². The van der Waals surface area contributed by atoms with Crippen LogP contribution >= 0.6 is 0 Å². The molecule has 10 heteroatoms. The number of hydrogen-bond donors (Lipinski definition) is 1. The lowest BCUT2D eigenvalue weighted by Gasteiger charge is -2.25. The van der Waals surface area contributed by atoms with Gasteiger partial charge >= 0.3 is 0 Å². The Morgan fingerprint density at radius 2 is 1.98 bits per heavy atom. The van der Waals surface area contributed by atoms with Crippen LogP contribution < -0.4 is 10.9 Å². The fourth-order valence-electron chi connectivity index (χ4n) is 5.17. The molecule has 0 fully saturated rings. The van der Waals surface area contributed by atoms with Gasteiger partial charge in [0.1, 0.15) is 11.0 Å². The minimum absolute atomic E-state index is 0.158. The van der Waals surface area contributed by atoms with Crippen molar-refractivity contribution in [2.24, 2.45) is 0 Å². The van der Waals surface area contributed by atoms with Crippen LogP contribution in [0, 0.1) is 0 Å². The van der Waals surface area contributed by atoms with Crippen LogP contribution in [0.4, 0.5) is 11.6 Å². The van der Waals surface area contributed by atoms with Crippen LogP contribution in [-0.4, -0.2) is 61.0 Å². The molecule has 1 aromatic carbocycles. The second-order valence-corrected chi connectivity index (χ2v) is 11.2. The minimum atomic E-state index is -0.576. The first-order valence-corrected chi connectivity index (χ1v) is 14.1. The molecule has 212 valence electrons. The predicted molar refractivity (Wildman–Crippen MR) is 162 cm³/mol. The van der Waals surface area contributed by atoms with Gasteiger partial charge in [0.2, 0.25) is 5.95 Å². The number of nitrogens with zero attached hydrogens (tertiary/aromatic N) is 7. The first-order chi connectivity index (χ1) is 19.8. The van der Waals surface area contributed by atoms with Crippen LogP contribution in [0.25, 0.3) is 27.8 Å². The highest BCUT2D eigenvalue weighted by Gasteiger charge is 2.25. The van der Waals surface area contributed by atoms with Crippen molar-refractivity contribution in [3.8, 4) is 5.82 Å². The lowest BCUT2D eigenvalue weighted by molar-refractivity contribution is -0.0255. The number of anilines is 2. The van der Waals surface area contributed by atoms with Gasteiger partial charge in [-0.3, -0.25) is 4.79 Å². The van der Waals surface area contributed by atoms with Gasteiger partial charge in [0.05, 0.1) is 12.2 Å². The van der Waals surface area contributed by atoms with Gasteiger partial charge in [-0.2, -0.15) is 4.98 Å². The number of nitrogens with one attached hydrogen (secondary N) is 1. The van der Waals surface area contributed by atoms with Crippen LogP contribution in [-0.2, 0) is 23.4 Å². The van der Waals surface area contributed by atoms with Crippen LogP contribution in [0.15, 0.2) is 71.8 Å². The minimum Gasteiger partial charge on any atom is -0.369 e. The maximum Gasteiger partial charge on any atom is 0.278 e. The first-order valence-electron chi connectivity index (χ1n) is 14.1. The second kappa shape index (κ2) is 10.9. The molecule has 2 bridgehead atoms. The topological polar surface area (TPSA) is 95.0 Å². The number of benzene rings is 1. The number of aromatic nitrogens is 6. The third kappa shape index (κ3) is 5.40. The molecule has 4 aromatic heterocycles. The Kier molecular flexibility index (Phi) is 7.19. The normalized spacial score (nSPS) is 15.4. The van der Waals surface area contributed by atoms with Gasteiger partial charge in [-0.15, -0.1) is 0 Å². The number of rotatable bonds is 5.